The first-order valence-corrected chi connectivity index (χ1v) is 8.04. The number of halogens is 1. The second-order valence-corrected chi connectivity index (χ2v) is 5.76. The number of hydrogen-bond donors (Lipinski definition) is 2. The smallest absolute Gasteiger partial charge is 0.146 e. The lowest BCUT2D eigenvalue weighted by Gasteiger charge is -2.12. The van der Waals surface area contributed by atoms with Crippen LogP contribution in [0.1, 0.15) is 17.0 Å². The highest BCUT2D eigenvalue weighted by Crippen LogP contribution is 2.24. The van der Waals surface area contributed by atoms with E-state index in [0.29, 0.717) is 29.2 Å². The molecule has 1 heterocycles. The Morgan fingerprint density at radius 3 is 2.65 bits per heavy atom. The van der Waals surface area contributed by atoms with Gasteiger partial charge in [-0.2, -0.15) is 0 Å². The Morgan fingerprint density at radius 1 is 1.23 bits per heavy atom. The number of allylic oxidation sites excluding steroid dienone is 1. The monoisotopic (exact) mass is 350 g/mol. The van der Waals surface area contributed by atoms with E-state index in [2.05, 4.69) is 4.98 Å². The molecule has 0 aliphatic heterocycles. The van der Waals surface area contributed by atoms with Gasteiger partial charge in [0.2, 0.25) is 0 Å². The molecule has 0 amide bonds. The lowest BCUT2D eigenvalue weighted by atomic mass is 10.1. The maximum Gasteiger partial charge on any atom is 0.146 e. The molecule has 132 valence electrons. The number of nitrogens with two attached hydrogens (primary N) is 1. The van der Waals surface area contributed by atoms with E-state index in [1.165, 1.54) is 18.2 Å². The van der Waals surface area contributed by atoms with Crippen molar-refractivity contribution in [1.29, 1.82) is 5.41 Å². The molecular weight excluding hydrogens is 331 g/mol. The van der Waals surface area contributed by atoms with Gasteiger partial charge in [0, 0.05) is 30.7 Å². The maximum absolute atomic E-state index is 13.0. The molecule has 0 atom stereocenters. The van der Waals surface area contributed by atoms with Crippen LogP contribution in [-0.4, -0.2) is 15.3 Å². The molecule has 5 nitrogen and oxygen atoms in total. The number of para-hydroxylation sites is 1. The van der Waals surface area contributed by atoms with Crippen molar-refractivity contribution < 1.29 is 9.13 Å². The fourth-order valence-corrected chi connectivity index (χ4v) is 2.45. The van der Waals surface area contributed by atoms with Gasteiger partial charge < -0.3 is 20.4 Å². The lowest BCUT2D eigenvalue weighted by Crippen LogP contribution is -2.07. The predicted octanol–water partition coefficient (Wildman–Crippen LogP) is 3.51. The average molecular weight is 350 g/mol. The Kier molecular flexibility index (Phi) is 5.12. The van der Waals surface area contributed by atoms with Crippen LogP contribution in [0.25, 0.3) is 5.70 Å². The van der Waals surface area contributed by atoms with E-state index in [9.17, 15) is 4.39 Å². The molecule has 0 aliphatic carbocycles. The van der Waals surface area contributed by atoms with Gasteiger partial charge >= 0.3 is 0 Å². The van der Waals surface area contributed by atoms with Crippen LogP contribution in [0.2, 0.25) is 0 Å². The second kappa shape index (κ2) is 7.65. The lowest BCUT2D eigenvalue weighted by molar-refractivity contribution is 0.291. The molecule has 3 rings (SSSR count). The highest BCUT2D eigenvalue weighted by Gasteiger charge is 2.09. The average Bonchev–Trinajstić information content (AvgIpc) is 3.05. The van der Waals surface area contributed by atoms with E-state index in [4.69, 9.17) is 15.9 Å². The summed E-state index contributed by atoms with van der Waals surface area (Å²) < 4.78 is 20.8. The van der Waals surface area contributed by atoms with E-state index in [-0.39, 0.29) is 11.5 Å². The molecule has 2 aromatic carbocycles. The number of imidazole rings is 1. The summed E-state index contributed by atoms with van der Waals surface area (Å²) in [6.45, 7) is 0.309. The predicted molar refractivity (Wildman–Crippen MR) is 99.4 cm³/mol. The Morgan fingerprint density at radius 2 is 1.96 bits per heavy atom. The first-order valence-electron chi connectivity index (χ1n) is 8.04. The van der Waals surface area contributed by atoms with E-state index >= 15 is 0 Å². The summed E-state index contributed by atoms with van der Waals surface area (Å²) in [4.78, 5) is 4.23. The van der Waals surface area contributed by atoms with Crippen LogP contribution in [0.4, 0.5) is 4.39 Å². The third kappa shape index (κ3) is 3.97. The third-order valence-electron chi connectivity index (χ3n) is 3.93. The van der Waals surface area contributed by atoms with Crippen LogP contribution in [0.15, 0.2) is 67.0 Å². The van der Waals surface area contributed by atoms with Crippen molar-refractivity contribution in [3.63, 3.8) is 0 Å². The number of aryl methyl sites for hydroxylation is 1. The Bertz CT molecular complexity index is 944. The van der Waals surface area contributed by atoms with Crippen LogP contribution in [0.3, 0.4) is 0 Å². The zero-order chi connectivity index (χ0) is 18.5. The molecule has 6 heteroatoms. The summed E-state index contributed by atoms with van der Waals surface area (Å²) in [7, 11) is 1.90. The van der Waals surface area contributed by atoms with Crippen molar-refractivity contribution >= 4 is 11.4 Å². The highest BCUT2D eigenvalue weighted by atomic mass is 19.1. The van der Waals surface area contributed by atoms with Crippen LogP contribution in [-0.2, 0) is 13.7 Å². The normalized spacial score (nSPS) is 11.4. The van der Waals surface area contributed by atoms with Gasteiger partial charge in [0.15, 0.2) is 0 Å². The fourth-order valence-electron chi connectivity index (χ4n) is 2.45. The fraction of sp³-hybridized carbons (Fsp3) is 0.100. The number of hydrogen-bond acceptors (Lipinski definition) is 4. The maximum atomic E-state index is 13.0. The summed E-state index contributed by atoms with van der Waals surface area (Å²) >= 11 is 0. The van der Waals surface area contributed by atoms with Gasteiger partial charge in [-0.05, 0) is 48.0 Å². The summed E-state index contributed by atoms with van der Waals surface area (Å²) in [5, 5.41) is 8.16. The van der Waals surface area contributed by atoms with Gasteiger partial charge in [0.25, 0.3) is 0 Å². The minimum Gasteiger partial charge on any atom is -0.485 e. The van der Waals surface area contributed by atoms with Crippen molar-refractivity contribution in [2.75, 3.05) is 0 Å². The van der Waals surface area contributed by atoms with E-state index in [1.807, 2.05) is 42.1 Å². The minimum absolute atomic E-state index is 0.196. The Hall–Kier alpha value is -3.41. The molecule has 3 N–H and O–H groups in total. The summed E-state index contributed by atoms with van der Waals surface area (Å²) in [6.07, 6.45) is 5.10. The molecule has 0 radical (unpaired) electrons. The number of nitrogens with zero attached hydrogens (tertiary/aromatic N) is 2. The molecule has 0 spiro atoms. The molecular formula is C20H19FN4O. The molecule has 1 aromatic heterocycles. The quantitative estimate of drug-likeness (QED) is 0.668. The van der Waals surface area contributed by atoms with Gasteiger partial charge in [0.1, 0.15) is 24.0 Å². The molecule has 3 aromatic rings. The zero-order valence-corrected chi connectivity index (χ0v) is 14.3. The SMILES string of the molecule is Cn1ccnc1COc1ccccc1/C(N)=C/C(=N)c1ccc(F)cc1. The Labute approximate surface area is 151 Å². The van der Waals surface area contributed by atoms with Gasteiger partial charge in [-0.25, -0.2) is 9.37 Å². The van der Waals surface area contributed by atoms with Gasteiger partial charge in [-0.1, -0.05) is 12.1 Å². The standard InChI is InChI=1S/C20H19FN4O/c1-25-11-10-24-20(25)13-26-19-5-3-2-4-16(19)18(23)12-17(22)14-6-8-15(21)9-7-14/h2-12,22H,13,23H2,1H3/b18-12-,22-17?. The van der Waals surface area contributed by atoms with Crippen molar-refractivity contribution in [2.45, 2.75) is 6.61 Å². The van der Waals surface area contributed by atoms with Crippen molar-refractivity contribution in [3.8, 4) is 5.75 Å². The molecule has 0 fully saturated rings. The molecule has 0 aliphatic rings. The van der Waals surface area contributed by atoms with E-state index in [1.54, 1.807) is 18.3 Å². The number of nitrogens with one attached hydrogen (secondary N) is 1. The van der Waals surface area contributed by atoms with Crippen LogP contribution < -0.4 is 10.5 Å². The number of rotatable bonds is 6. The van der Waals surface area contributed by atoms with Gasteiger partial charge in [-0.3, -0.25) is 0 Å². The summed E-state index contributed by atoms with van der Waals surface area (Å²) in [5.74, 6) is 1.06. The van der Waals surface area contributed by atoms with Crippen LogP contribution >= 0.6 is 0 Å². The minimum atomic E-state index is -0.341. The largest absolute Gasteiger partial charge is 0.485 e. The van der Waals surface area contributed by atoms with Gasteiger partial charge in [-0.15, -0.1) is 0 Å². The second-order valence-electron chi connectivity index (χ2n) is 5.76. The number of aromatic nitrogens is 2. The molecule has 0 bridgehead atoms. The molecule has 0 saturated carbocycles. The van der Waals surface area contributed by atoms with Crippen LogP contribution in [0.5, 0.6) is 5.75 Å². The van der Waals surface area contributed by atoms with Crippen molar-refractivity contribution in [3.05, 3.63) is 89.8 Å². The third-order valence-corrected chi connectivity index (χ3v) is 3.93. The molecule has 0 saturated heterocycles. The summed E-state index contributed by atoms with van der Waals surface area (Å²) in [6, 6.07) is 13.1. The highest BCUT2D eigenvalue weighted by molar-refractivity contribution is 6.10. The van der Waals surface area contributed by atoms with Crippen molar-refractivity contribution in [2.24, 2.45) is 12.8 Å². The van der Waals surface area contributed by atoms with E-state index in [0.717, 1.165) is 5.82 Å². The number of ether oxygens (including phenoxy) is 1. The molecule has 0 unspecified atom stereocenters. The molecule has 26 heavy (non-hydrogen) atoms. The topological polar surface area (TPSA) is 76.9 Å². The van der Waals surface area contributed by atoms with Crippen molar-refractivity contribution in [1.82, 2.24) is 9.55 Å². The van der Waals surface area contributed by atoms with Gasteiger partial charge in [0.05, 0.1) is 5.71 Å². The van der Waals surface area contributed by atoms with E-state index < -0.39 is 0 Å². The van der Waals surface area contributed by atoms with Crippen LogP contribution in [0, 0.1) is 11.2 Å². The summed E-state index contributed by atoms with van der Waals surface area (Å²) in [5.41, 5.74) is 8.05. The number of benzene rings is 2. The Balaban J connectivity index is 1.80. The first-order chi connectivity index (χ1) is 12.5. The first kappa shape index (κ1) is 17.4. The zero-order valence-electron chi connectivity index (χ0n) is 14.3.